The zero-order valence-electron chi connectivity index (χ0n) is 8.73. The first-order valence-electron chi connectivity index (χ1n) is 4.62. The molecule has 0 aromatic carbocycles. The number of nitrogens with zero attached hydrogens (tertiary/aromatic N) is 2. The van der Waals surface area contributed by atoms with Crippen molar-refractivity contribution in [1.82, 2.24) is 15.2 Å². The maximum atomic E-state index is 11.4. The standard InChI is InChI=1S/C10H13N3O2/c1-3-15-10(14)9-12-8(2)6-4-5-7-11-13-9/h4-7H,3H2,1-2H3,(H,12,13). The van der Waals surface area contributed by atoms with Crippen LogP contribution in [-0.4, -0.2) is 27.8 Å². The summed E-state index contributed by atoms with van der Waals surface area (Å²) in [5, 5.41) is 6.31. The van der Waals surface area contributed by atoms with E-state index in [2.05, 4.69) is 15.2 Å². The van der Waals surface area contributed by atoms with Gasteiger partial charge in [-0.05, 0) is 26.0 Å². The van der Waals surface area contributed by atoms with Gasteiger partial charge in [0.2, 0.25) is 5.82 Å². The molecule has 0 aliphatic heterocycles. The monoisotopic (exact) mass is 207 g/mol. The third-order valence-corrected chi connectivity index (χ3v) is 1.54. The van der Waals surface area contributed by atoms with Crippen LogP contribution >= 0.6 is 0 Å². The van der Waals surface area contributed by atoms with E-state index in [0.717, 1.165) is 0 Å². The second kappa shape index (κ2) is 5.74. The van der Waals surface area contributed by atoms with E-state index < -0.39 is 5.97 Å². The van der Waals surface area contributed by atoms with Crippen LogP contribution in [0, 0.1) is 6.92 Å². The number of hydrogen-bond acceptors (Lipinski definition) is 4. The summed E-state index contributed by atoms with van der Waals surface area (Å²) in [5.41, 5.74) is 0.701. The Labute approximate surface area is 87.8 Å². The molecule has 0 bridgehead atoms. The molecule has 0 amide bonds. The Kier molecular flexibility index (Phi) is 4.28. The molecule has 1 N–H and O–H groups in total. The predicted molar refractivity (Wildman–Crippen MR) is 54.7 cm³/mol. The van der Waals surface area contributed by atoms with Crippen molar-refractivity contribution in [3.63, 3.8) is 0 Å². The maximum Gasteiger partial charge on any atom is 0.375 e. The second-order valence-electron chi connectivity index (χ2n) is 2.76. The summed E-state index contributed by atoms with van der Waals surface area (Å²) in [7, 11) is 0. The van der Waals surface area contributed by atoms with Gasteiger partial charge in [0.1, 0.15) is 0 Å². The normalized spacial score (nSPS) is 9.20. The van der Waals surface area contributed by atoms with E-state index in [0.29, 0.717) is 12.3 Å². The van der Waals surface area contributed by atoms with Gasteiger partial charge in [-0.1, -0.05) is 6.07 Å². The van der Waals surface area contributed by atoms with Crippen molar-refractivity contribution in [3.05, 3.63) is 35.9 Å². The number of ether oxygens (including phenoxy) is 1. The van der Waals surface area contributed by atoms with Crippen molar-refractivity contribution in [2.24, 2.45) is 0 Å². The van der Waals surface area contributed by atoms with Crippen LogP contribution in [0.1, 0.15) is 23.2 Å². The fourth-order valence-corrected chi connectivity index (χ4v) is 0.915. The highest BCUT2D eigenvalue weighted by Gasteiger charge is 2.06. The van der Waals surface area contributed by atoms with Crippen LogP contribution in [-0.2, 0) is 4.74 Å². The highest BCUT2D eigenvalue weighted by Crippen LogP contribution is 1.92. The van der Waals surface area contributed by atoms with E-state index in [9.17, 15) is 4.79 Å². The minimum atomic E-state index is -0.510. The molecule has 1 heterocycles. The maximum absolute atomic E-state index is 11.4. The van der Waals surface area contributed by atoms with Crippen LogP contribution in [0.2, 0.25) is 0 Å². The van der Waals surface area contributed by atoms with Gasteiger partial charge in [-0.25, -0.2) is 9.78 Å². The van der Waals surface area contributed by atoms with Crippen LogP contribution in [0.5, 0.6) is 0 Å². The van der Waals surface area contributed by atoms with Gasteiger partial charge in [-0.3, -0.25) is 5.10 Å². The fourth-order valence-electron chi connectivity index (χ4n) is 0.915. The highest BCUT2D eigenvalue weighted by molar-refractivity contribution is 5.84. The number of H-pyrrole nitrogens is 1. The smallest absolute Gasteiger partial charge is 0.375 e. The predicted octanol–water partition coefficient (Wildman–Crippen LogP) is 1.41. The molecule has 0 unspecified atom stereocenters. The number of carbonyl (C=O) groups excluding carboxylic acids is 1. The van der Waals surface area contributed by atoms with Gasteiger partial charge >= 0.3 is 5.97 Å². The van der Waals surface area contributed by atoms with Crippen molar-refractivity contribution < 1.29 is 9.53 Å². The molecule has 80 valence electrons. The zero-order chi connectivity index (χ0) is 11.1. The molecule has 0 aliphatic rings. The molecule has 0 spiro atoms. The molecule has 0 saturated carbocycles. The minimum absolute atomic E-state index is 0.0885. The molecule has 0 atom stereocenters. The molecule has 5 nitrogen and oxygen atoms in total. The van der Waals surface area contributed by atoms with E-state index in [1.54, 1.807) is 32.0 Å². The molecule has 0 fully saturated rings. The molecule has 0 radical (unpaired) electrons. The first kappa shape index (κ1) is 11.2. The lowest BCUT2D eigenvalue weighted by Gasteiger charge is -1.97. The topological polar surface area (TPSA) is 67.9 Å². The van der Waals surface area contributed by atoms with Gasteiger partial charge in [0, 0.05) is 11.9 Å². The SMILES string of the molecule is CCOC(=O)c1nc(C)ccccn[nH]1. The minimum Gasteiger partial charge on any atom is -0.460 e. The van der Waals surface area contributed by atoms with E-state index in [1.165, 1.54) is 6.20 Å². The Balaban J connectivity index is 3.14. The molecule has 1 aromatic rings. The third-order valence-electron chi connectivity index (χ3n) is 1.54. The fraction of sp³-hybridized carbons (Fsp3) is 0.300. The molecule has 0 aliphatic carbocycles. The molecule has 1 aromatic heterocycles. The molecular weight excluding hydrogens is 194 g/mol. The zero-order valence-corrected chi connectivity index (χ0v) is 8.73. The van der Waals surface area contributed by atoms with Gasteiger partial charge in [0.05, 0.1) is 6.61 Å². The number of carbonyl (C=O) groups is 1. The second-order valence-corrected chi connectivity index (χ2v) is 2.76. The van der Waals surface area contributed by atoms with E-state index in [1.807, 2.05) is 0 Å². The summed E-state index contributed by atoms with van der Waals surface area (Å²) in [5.74, 6) is -0.421. The highest BCUT2D eigenvalue weighted by atomic mass is 16.5. The number of hydrogen-bond donors (Lipinski definition) is 1. The summed E-state index contributed by atoms with van der Waals surface area (Å²) < 4.78 is 4.81. The number of aryl methyl sites for hydroxylation is 1. The van der Waals surface area contributed by atoms with Gasteiger partial charge in [-0.2, -0.15) is 5.10 Å². The van der Waals surface area contributed by atoms with Gasteiger partial charge in [0.25, 0.3) is 0 Å². The Morgan fingerprint density at radius 3 is 3.07 bits per heavy atom. The first-order valence-corrected chi connectivity index (χ1v) is 4.62. The lowest BCUT2D eigenvalue weighted by molar-refractivity contribution is 0.0510. The Morgan fingerprint density at radius 2 is 2.33 bits per heavy atom. The third kappa shape index (κ3) is 3.76. The number of aromatic amines is 1. The number of aromatic nitrogens is 3. The van der Waals surface area contributed by atoms with E-state index in [-0.39, 0.29) is 5.82 Å². The van der Waals surface area contributed by atoms with Crippen LogP contribution in [0.25, 0.3) is 0 Å². The van der Waals surface area contributed by atoms with E-state index in [4.69, 9.17) is 4.74 Å². The quantitative estimate of drug-likeness (QED) is 0.744. The average Bonchev–Trinajstić information content (AvgIpc) is 2.30. The number of rotatable bonds is 2. The van der Waals surface area contributed by atoms with Crippen LogP contribution in [0.4, 0.5) is 0 Å². The summed E-state index contributed by atoms with van der Waals surface area (Å²) in [6, 6.07) is 5.30. The van der Waals surface area contributed by atoms with Crippen LogP contribution in [0.15, 0.2) is 24.4 Å². The molecule has 0 saturated heterocycles. The Bertz CT molecular complexity index is 386. The van der Waals surface area contributed by atoms with Gasteiger partial charge in [-0.15, -0.1) is 0 Å². The van der Waals surface area contributed by atoms with Crippen molar-refractivity contribution in [2.45, 2.75) is 13.8 Å². The Morgan fingerprint density at radius 1 is 1.53 bits per heavy atom. The van der Waals surface area contributed by atoms with Crippen molar-refractivity contribution in [3.8, 4) is 0 Å². The van der Waals surface area contributed by atoms with Crippen molar-refractivity contribution in [1.29, 1.82) is 0 Å². The number of esters is 1. The summed E-state index contributed by atoms with van der Waals surface area (Å²) in [4.78, 5) is 15.4. The Hall–Kier alpha value is -1.91. The lowest BCUT2D eigenvalue weighted by atomic mass is 10.4. The first-order chi connectivity index (χ1) is 7.24. The van der Waals surface area contributed by atoms with Crippen molar-refractivity contribution >= 4 is 5.97 Å². The summed E-state index contributed by atoms with van der Waals surface area (Å²) in [6.07, 6.45) is 1.53. The van der Waals surface area contributed by atoms with Gasteiger partial charge < -0.3 is 4.74 Å². The molecule has 5 heteroatoms. The lowest BCUT2D eigenvalue weighted by Crippen LogP contribution is -2.09. The molecule has 1 rings (SSSR count). The largest absolute Gasteiger partial charge is 0.460 e. The van der Waals surface area contributed by atoms with Crippen LogP contribution < -0.4 is 0 Å². The molecular formula is C10H13N3O2. The number of nitrogens with one attached hydrogen (secondary N) is 1. The molecule has 15 heavy (non-hydrogen) atoms. The van der Waals surface area contributed by atoms with Crippen molar-refractivity contribution in [2.75, 3.05) is 6.61 Å². The van der Waals surface area contributed by atoms with Crippen LogP contribution in [0.3, 0.4) is 0 Å². The average molecular weight is 207 g/mol. The van der Waals surface area contributed by atoms with Gasteiger partial charge in [0.15, 0.2) is 0 Å². The summed E-state index contributed by atoms with van der Waals surface area (Å²) >= 11 is 0. The summed E-state index contributed by atoms with van der Waals surface area (Å²) in [6.45, 7) is 3.84. The van der Waals surface area contributed by atoms with E-state index >= 15 is 0 Å².